The molecule has 0 aliphatic heterocycles. The SMILES string of the molecule is Cc1cc(C(=O)NC2CC2)ccc1-c1ccc(C[C@H](NC(=O)[C@H]2CC[C@H](CN)CC2)C(=O)Nc2ccc3[nH]nnc3c2)cc1.Cl. The summed E-state index contributed by atoms with van der Waals surface area (Å²) in [5.41, 5.74) is 12.5. The van der Waals surface area contributed by atoms with Crippen LogP contribution in [0, 0.1) is 18.8 Å². The summed E-state index contributed by atoms with van der Waals surface area (Å²) in [7, 11) is 0. The van der Waals surface area contributed by atoms with Crippen molar-refractivity contribution >= 4 is 46.8 Å². The molecular formula is C34H40ClN7O3. The highest BCUT2D eigenvalue weighted by Gasteiger charge is 2.29. The highest BCUT2D eigenvalue weighted by atomic mass is 35.5. The Morgan fingerprint density at radius 2 is 1.71 bits per heavy atom. The minimum Gasteiger partial charge on any atom is -0.349 e. The van der Waals surface area contributed by atoms with Crippen molar-refractivity contribution in [2.45, 2.75) is 64.0 Å². The number of fused-ring (bicyclic) bond motifs is 1. The van der Waals surface area contributed by atoms with Crippen LogP contribution in [-0.4, -0.2) is 51.8 Å². The van der Waals surface area contributed by atoms with Crippen LogP contribution in [0.25, 0.3) is 22.2 Å². The first-order chi connectivity index (χ1) is 21.4. The normalized spacial score (nSPS) is 18.4. The van der Waals surface area contributed by atoms with E-state index in [0.717, 1.165) is 66.3 Å². The fraction of sp³-hybridized carbons (Fsp3) is 0.382. The number of aromatic amines is 1. The van der Waals surface area contributed by atoms with Gasteiger partial charge in [-0.3, -0.25) is 19.5 Å². The third-order valence-corrected chi connectivity index (χ3v) is 8.88. The van der Waals surface area contributed by atoms with Gasteiger partial charge in [0.2, 0.25) is 11.8 Å². The number of benzene rings is 3. The standard InChI is InChI=1S/C34H39N7O3.ClH/c1-20-16-25(33(43)36-26-11-12-26)10-14-28(20)23-6-2-21(3-7-23)17-31(38-32(42)24-8-4-22(19-35)5-9-24)34(44)37-27-13-15-29-30(18-27)40-41-39-29;/h2-3,6-7,10,13-16,18,22,24,26,31H,4-5,8-9,11-12,17,19,35H2,1H3,(H,36,43)(H,37,44)(H,38,42)(H,39,40,41);1H/t22-,24-,31-;/m0./s1. The Balaban J connectivity index is 0.00000400. The van der Waals surface area contributed by atoms with E-state index in [1.807, 2.05) is 49.4 Å². The number of carbonyl (C=O) groups excluding carboxylic acids is 3. The zero-order valence-corrected chi connectivity index (χ0v) is 26.2. The lowest BCUT2D eigenvalue weighted by Gasteiger charge is -2.28. The van der Waals surface area contributed by atoms with Crippen LogP contribution in [0.1, 0.15) is 60.0 Å². The minimum atomic E-state index is -0.764. The number of hydrogen-bond acceptors (Lipinski definition) is 6. The Kier molecular flexibility index (Phi) is 10.1. The Morgan fingerprint density at radius 3 is 2.40 bits per heavy atom. The Labute approximate surface area is 268 Å². The van der Waals surface area contributed by atoms with Crippen molar-refractivity contribution in [3.05, 3.63) is 77.4 Å². The van der Waals surface area contributed by atoms with Gasteiger partial charge >= 0.3 is 0 Å². The van der Waals surface area contributed by atoms with Gasteiger partial charge in [-0.05, 0) is 110 Å². The lowest BCUT2D eigenvalue weighted by Crippen LogP contribution is -2.48. The van der Waals surface area contributed by atoms with Crippen molar-refractivity contribution in [1.82, 2.24) is 26.0 Å². The molecule has 10 nitrogen and oxygen atoms in total. The minimum absolute atomic E-state index is 0. The predicted molar refractivity (Wildman–Crippen MR) is 177 cm³/mol. The number of nitrogens with two attached hydrogens (primary N) is 1. The molecule has 0 unspecified atom stereocenters. The lowest BCUT2D eigenvalue weighted by atomic mass is 9.81. The fourth-order valence-corrected chi connectivity index (χ4v) is 5.99. The average molecular weight is 630 g/mol. The van der Waals surface area contributed by atoms with E-state index in [9.17, 15) is 14.4 Å². The smallest absolute Gasteiger partial charge is 0.251 e. The van der Waals surface area contributed by atoms with Gasteiger partial charge in [0, 0.05) is 29.6 Å². The second-order valence-electron chi connectivity index (χ2n) is 12.2. The third-order valence-electron chi connectivity index (χ3n) is 8.88. The summed E-state index contributed by atoms with van der Waals surface area (Å²) in [5, 5.41) is 19.7. The van der Waals surface area contributed by atoms with Crippen molar-refractivity contribution in [2.75, 3.05) is 11.9 Å². The Morgan fingerprint density at radius 1 is 0.956 bits per heavy atom. The summed E-state index contributed by atoms with van der Waals surface area (Å²) in [4.78, 5) is 39.4. The van der Waals surface area contributed by atoms with Gasteiger partial charge in [0.15, 0.2) is 0 Å². The average Bonchev–Trinajstić information content (AvgIpc) is 3.73. The van der Waals surface area contributed by atoms with Crippen LogP contribution < -0.4 is 21.7 Å². The summed E-state index contributed by atoms with van der Waals surface area (Å²) in [6.45, 7) is 2.65. The van der Waals surface area contributed by atoms with Gasteiger partial charge in [-0.25, -0.2) is 0 Å². The van der Waals surface area contributed by atoms with Crippen LogP contribution in [0.2, 0.25) is 0 Å². The van der Waals surface area contributed by atoms with E-state index < -0.39 is 6.04 Å². The number of hydrogen-bond donors (Lipinski definition) is 5. The number of anilines is 1. The maximum atomic E-state index is 13.6. The van der Waals surface area contributed by atoms with E-state index in [4.69, 9.17) is 5.73 Å². The zero-order chi connectivity index (χ0) is 30.6. The van der Waals surface area contributed by atoms with Crippen LogP contribution in [0.15, 0.2) is 60.7 Å². The summed E-state index contributed by atoms with van der Waals surface area (Å²) in [6.07, 6.45) is 5.85. The second kappa shape index (κ2) is 14.2. The molecule has 236 valence electrons. The van der Waals surface area contributed by atoms with Crippen LogP contribution in [0.3, 0.4) is 0 Å². The van der Waals surface area contributed by atoms with E-state index in [-0.39, 0.29) is 36.0 Å². The van der Waals surface area contributed by atoms with Crippen molar-refractivity contribution in [2.24, 2.45) is 17.6 Å². The van der Waals surface area contributed by atoms with Gasteiger partial charge in [-0.1, -0.05) is 35.5 Å². The number of halogens is 1. The van der Waals surface area contributed by atoms with Gasteiger partial charge in [0.25, 0.3) is 5.91 Å². The fourth-order valence-electron chi connectivity index (χ4n) is 5.99. The molecule has 0 bridgehead atoms. The predicted octanol–water partition coefficient (Wildman–Crippen LogP) is 4.68. The number of aromatic nitrogens is 3. The van der Waals surface area contributed by atoms with Crippen LogP contribution >= 0.6 is 12.4 Å². The maximum Gasteiger partial charge on any atom is 0.251 e. The van der Waals surface area contributed by atoms with Gasteiger partial charge in [0.05, 0.1) is 5.52 Å². The molecular weight excluding hydrogens is 590 g/mol. The first-order valence-electron chi connectivity index (χ1n) is 15.5. The van der Waals surface area contributed by atoms with Crippen LogP contribution in [0.5, 0.6) is 0 Å². The molecule has 45 heavy (non-hydrogen) atoms. The van der Waals surface area contributed by atoms with Gasteiger partial charge < -0.3 is 21.7 Å². The van der Waals surface area contributed by atoms with E-state index in [0.29, 0.717) is 41.7 Å². The first kappa shape index (κ1) is 32.1. The summed E-state index contributed by atoms with van der Waals surface area (Å²) in [6, 6.07) is 18.7. The first-order valence-corrected chi connectivity index (χ1v) is 15.5. The third kappa shape index (κ3) is 7.87. The molecule has 3 aromatic carbocycles. The molecule has 6 N–H and O–H groups in total. The summed E-state index contributed by atoms with van der Waals surface area (Å²) >= 11 is 0. The number of nitrogens with zero attached hydrogens (tertiary/aromatic N) is 2. The van der Waals surface area contributed by atoms with Crippen molar-refractivity contribution in [1.29, 1.82) is 0 Å². The molecule has 0 radical (unpaired) electrons. The molecule has 6 rings (SSSR count). The summed E-state index contributed by atoms with van der Waals surface area (Å²) in [5.74, 6) is -0.0817. The molecule has 2 aliphatic carbocycles. The summed E-state index contributed by atoms with van der Waals surface area (Å²) < 4.78 is 0. The van der Waals surface area contributed by atoms with Crippen molar-refractivity contribution < 1.29 is 14.4 Å². The molecule has 1 heterocycles. The molecule has 2 saturated carbocycles. The molecule has 0 saturated heterocycles. The molecule has 0 spiro atoms. The highest BCUT2D eigenvalue weighted by Crippen LogP contribution is 2.29. The van der Waals surface area contributed by atoms with Crippen molar-refractivity contribution in [3.8, 4) is 11.1 Å². The molecule has 4 aromatic rings. The second-order valence-corrected chi connectivity index (χ2v) is 12.2. The van der Waals surface area contributed by atoms with E-state index in [2.05, 4.69) is 31.4 Å². The van der Waals surface area contributed by atoms with E-state index in [1.165, 1.54) is 0 Å². The molecule has 2 aliphatic rings. The monoisotopic (exact) mass is 629 g/mol. The topological polar surface area (TPSA) is 155 Å². The van der Waals surface area contributed by atoms with Gasteiger partial charge in [-0.15, -0.1) is 17.5 Å². The quantitative estimate of drug-likeness (QED) is 0.172. The number of H-pyrrole nitrogens is 1. The molecule has 1 aromatic heterocycles. The van der Waals surface area contributed by atoms with Crippen LogP contribution in [0.4, 0.5) is 5.69 Å². The lowest BCUT2D eigenvalue weighted by molar-refractivity contribution is -0.130. The van der Waals surface area contributed by atoms with E-state index >= 15 is 0 Å². The Hall–Kier alpha value is -4.28. The highest BCUT2D eigenvalue weighted by molar-refractivity contribution is 5.99. The largest absolute Gasteiger partial charge is 0.349 e. The van der Waals surface area contributed by atoms with E-state index in [1.54, 1.807) is 18.2 Å². The van der Waals surface area contributed by atoms with Crippen LogP contribution in [-0.2, 0) is 16.0 Å². The number of rotatable bonds is 10. The molecule has 1 atom stereocenters. The molecule has 3 amide bonds. The Bertz CT molecular complexity index is 1660. The number of aryl methyl sites for hydroxylation is 1. The molecule has 11 heteroatoms. The van der Waals surface area contributed by atoms with Crippen molar-refractivity contribution in [3.63, 3.8) is 0 Å². The number of nitrogens with one attached hydrogen (secondary N) is 4. The number of amides is 3. The van der Waals surface area contributed by atoms with Gasteiger partial charge in [-0.2, -0.15) is 0 Å². The number of carbonyl (C=O) groups is 3. The zero-order valence-electron chi connectivity index (χ0n) is 25.3. The van der Waals surface area contributed by atoms with Gasteiger partial charge in [0.1, 0.15) is 11.6 Å². The molecule has 2 fully saturated rings. The maximum absolute atomic E-state index is 13.6.